The number of ether oxygens (including phenoxy) is 1. The standard InChI is InChI=1S/C21H21BrN2O3S/c1-27-19(20-23-17(22)14-28-20)18(21(25)26)24(12-15-8-4-2-5-9-15)13-16-10-6-3-7-11-16/h2-11,14,18-19H,12-13H2,1H3,(H,25,26)/t18?,19-/m0/s1. The van der Waals surface area contributed by atoms with Crippen molar-refractivity contribution in [1.29, 1.82) is 0 Å². The Hall–Kier alpha value is -2.06. The zero-order chi connectivity index (χ0) is 19.9. The van der Waals surface area contributed by atoms with E-state index in [1.807, 2.05) is 70.9 Å². The SMILES string of the molecule is CO[C@H](c1nc(Br)cs1)C(C(=O)O)N(Cc1ccccc1)Cc1ccccc1. The van der Waals surface area contributed by atoms with E-state index >= 15 is 0 Å². The first-order chi connectivity index (χ1) is 13.6. The van der Waals surface area contributed by atoms with Crippen LogP contribution in [0.4, 0.5) is 0 Å². The third-order valence-corrected chi connectivity index (χ3v) is 6.00. The van der Waals surface area contributed by atoms with E-state index < -0.39 is 18.1 Å². The zero-order valence-electron chi connectivity index (χ0n) is 15.4. The summed E-state index contributed by atoms with van der Waals surface area (Å²) in [4.78, 5) is 18.7. The molecule has 0 aliphatic rings. The molecule has 0 amide bonds. The minimum absolute atomic E-state index is 0.485. The van der Waals surface area contributed by atoms with Gasteiger partial charge in [-0.25, -0.2) is 4.98 Å². The molecule has 28 heavy (non-hydrogen) atoms. The van der Waals surface area contributed by atoms with Gasteiger partial charge >= 0.3 is 5.97 Å². The fourth-order valence-corrected chi connectivity index (χ4v) is 4.50. The first-order valence-corrected chi connectivity index (χ1v) is 10.4. The molecule has 1 heterocycles. The third kappa shape index (κ3) is 5.26. The van der Waals surface area contributed by atoms with E-state index in [4.69, 9.17) is 4.74 Å². The molecule has 146 valence electrons. The van der Waals surface area contributed by atoms with Gasteiger partial charge in [0, 0.05) is 25.6 Å². The first kappa shape index (κ1) is 20.7. The number of aliphatic carboxylic acids is 1. The molecule has 0 spiro atoms. The molecule has 0 fully saturated rings. The van der Waals surface area contributed by atoms with Gasteiger partial charge in [-0.1, -0.05) is 60.7 Å². The number of nitrogens with zero attached hydrogens (tertiary/aromatic N) is 2. The van der Waals surface area contributed by atoms with Gasteiger partial charge in [0.25, 0.3) is 0 Å². The lowest BCUT2D eigenvalue weighted by Crippen LogP contribution is -2.45. The Morgan fingerprint density at radius 2 is 1.64 bits per heavy atom. The van der Waals surface area contributed by atoms with Crippen LogP contribution in [0.15, 0.2) is 70.6 Å². The molecule has 1 N–H and O–H groups in total. The number of methoxy groups -OCH3 is 1. The van der Waals surface area contributed by atoms with Crippen LogP contribution in [0.2, 0.25) is 0 Å². The van der Waals surface area contributed by atoms with Crippen LogP contribution in [-0.4, -0.2) is 34.1 Å². The average Bonchev–Trinajstić information content (AvgIpc) is 3.13. The van der Waals surface area contributed by atoms with Gasteiger partial charge in [0.1, 0.15) is 21.8 Å². The quantitative estimate of drug-likeness (QED) is 0.499. The molecule has 0 saturated heterocycles. The third-order valence-electron chi connectivity index (χ3n) is 4.38. The highest BCUT2D eigenvalue weighted by molar-refractivity contribution is 9.10. The summed E-state index contributed by atoms with van der Waals surface area (Å²) in [5, 5.41) is 12.6. The van der Waals surface area contributed by atoms with Crippen LogP contribution < -0.4 is 0 Å². The predicted molar refractivity (Wildman–Crippen MR) is 113 cm³/mol. The van der Waals surface area contributed by atoms with E-state index in [9.17, 15) is 9.90 Å². The molecule has 0 aliphatic carbocycles. The maximum Gasteiger partial charge on any atom is 0.324 e. The van der Waals surface area contributed by atoms with Crippen LogP contribution in [0.25, 0.3) is 0 Å². The van der Waals surface area contributed by atoms with Gasteiger partial charge in [-0.3, -0.25) is 9.69 Å². The van der Waals surface area contributed by atoms with Crippen LogP contribution in [-0.2, 0) is 22.6 Å². The molecular formula is C21H21BrN2O3S. The summed E-state index contributed by atoms with van der Waals surface area (Å²) in [7, 11) is 1.53. The zero-order valence-corrected chi connectivity index (χ0v) is 17.8. The van der Waals surface area contributed by atoms with E-state index in [2.05, 4.69) is 20.9 Å². The van der Waals surface area contributed by atoms with Crippen molar-refractivity contribution in [2.24, 2.45) is 0 Å². The molecule has 1 unspecified atom stereocenters. The summed E-state index contributed by atoms with van der Waals surface area (Å²) in [6.45, 7) is 0.970. The highest BCUT2D eigenvalue weighted by Gasteiger charge is 2.37. The second kappa shape index (κ2) is 9.93. The fourth-order valence-electron chi connectivity index (χ4n) is 3.13. The minimum atomic E-state index is -0.940. The van der Waals surface area contributed by atoms with Gasteiger partial charge in [-0.2, -0.15) is 0 Å². The smallest absolute Gasteiger partial charge is 0.324 e. The Morgan fingerprint density at radius 1 is 1.11 bits per heavy atom. The van der Waals surface area contributed by atoms with Crippen molar-refractivity contribution in [3.63, 3.8) is 0 Å². The molecule has 1 aromatic heterocycles. The predicted octanol–water partition coefficient (Wildman–Crippen LogP) is 4.75. The number of carboxylic acid groups (broad SMARTS) is 1. The Balaban J connectivity index is 1.96. The summed E-state index contributed by atoms with van der Waals surface area (Å²) in [6, 6.07) is 18.8. The molecule has 0 bridgehead atoms. The van der Waals surface area contributed by atoms with E-state index in [1.165, 1.54) is 18.4 Å². The number of carbonyl (C=O) groups is 1. The van der Waals surface area contributed by atoms with Crippen molar-refractivity contribution in [3.05, 3.63) is 86.8 Å². The monoisotopic (exact) mass is 460 g/mol. The van der Waals surface area contributed by atoms with Crippen molar-refractivity contribution < 1.29 is 14.6 Å². The second-order valence-electron chi connectivity index (χ2n) is 6.32. The van der Waals surface area contributed by atoms with Crippen LogP contribution in [0.1, 0.15) is 22.2 Å². The maximum absolute atomic E-state index is 12.3. The molecule has 7 heteroatoms. The van der Waals surface area contributed by atoms with Crippen LogP contribution in [0.3, 0.4) is 0 Å². The van der Waals surface area contributed by atoms with Gasteiger partial charge in [-0.15, -0.1) is 11.3 Å². The van der Waals surface area contributed by atoms with Crippen molar-refractivity contribution in [3.8, 4) is 0 Å². The van der Waals surface area contributed by atoms with Gasteiger partial charge in [0.05, 0.1) is 0 Å². The van der Waals surface area contributed by atoms with Gasteiger partial charge in [0.2, 0.25) is 0 Å². The number of halogens is 1. The van der Waals surface area contributed by atoms with Gasteiger partial charge in [0.15, 0.2) is 0 Å². The van der Waals surface area contributed by atoms with Crippen LogP contribution in [0.5, 0.6) is 0 Å². The van der Waals surface area contributed by atoms with Crippen molar-refractivity contribution in [2.45, 2.75) is 25.2 Å². The number of carboxylic acids is 1. The number of aromatic nitrogens is 1. The van der Waals surface area contributed by atoms with Crippen molar-refractivity contribution in [1.82, 2.24) is 9.88 Å². The van der Waals surface area contributed by atoms with Gasteiger partial charge in [-0.05, 0) is 27.1 Å². The van der Waals surface area contributed by atoms with Crippen molar-refractivity contribution >= 4 is 33.2 Å². The van der Waals surface area contributed by atoms with E-state index in [1.54, 1.807) is 0 Å². The molecule has 3 rings (SSSR count). The molecule has 0 radical (unpaired) electrons. The Labute approximate surface area is 176 Å². The maximum atomic E-state index is 12.3. The molecule has 0 aliphatic heterocycles. The fraction of sp³-hybridized carbons (Fsp3) is 0.238. The topological polar surface area (TPSA) is 62.7 Å². The lowest BCUT2D eigenvalue weighted by atomic mass is 10.1. The summed E-state index contributed by atoms with van der Waals surface area (Å²) >= 11 is 4.73. The summed E-state index contributed by atoms with van der Waals surface area (Å²) in [5.74, 6) is -0.940. The van der Waals surface area contributed by atoms with E-state index in [-0.39, 0.29) is 0 Å². The summed E-state index contributed by atoms with van der Waals surface area (Å²) in [5.41, 5.74) is 2.08. The number of benzene rings is 2. The highest BCUT2D eigenvalue weighted by Crippen LogP contribution is 2.31. The van der Waals surface area contributed by atoms with Gasteiger partial charge < -0.3 is 9.84 Å². The average molecular weight is 461 g/mol. The summed E-state index contributed by atoms with van der Waals surface area (Å²) < 4.78 is 6.31. The molecule has 2 aromatic carbocycles. The van der Waals surface area contributed by atoms with Crippen molar-refractivity contribution in [2.75, 3.05) is 7.11 Å². The normalized spacial score (nSPS) is 13.4. The Kier molecular flexibility index (Phi) is 7.33. The Morgan fingerprint density at radius 3 is 2.04 bits per heavy atom. The lowest BCUT2D eigenvalue weighted by molar-refractivity contribution is -0.150. The summed E-state index contributed by atoms with van der Waals surface area (Å²) in [6.07, 6.45) is -0.679. The first-order valence-electron chi connectivity index (χ1n) is 8.77. The number of thiazole rings is 1. The molecule has 2 atom stereocenters. The molecule has 0 saturated carbocycles. The second-order valence-corrected chi connectivity index (χ2v) is 8.03. The van der Waals surface area contributed by atoms with E-state index in [0.29, 0.717) is 22.7 Å². The molecular weight excluding hydrogens is 440 g/mol. The lowest BCUT2D eigenvalue weighted by Gasteiger charge is -2.33. The largest absolute Gasteiger partial charge is 0.480 e. The number of hydrogen-bond donors (Lipinski definition) is 1. The number of rotatable bonds is 9. The van der Waals surface area contributed by atoms with E-state index in [0.717, 1.165) is 11.1 Å². The highest BCUT2D eigenvalue weighted by atomic mass is 79.9. The molecule has 5 nitrogen and oxygen atoms in total. The molecule has 3 aromatic rings. The number of hydrogen-bond acceptors (Lipinski definition) is 5. The van der Waals surface area contributed by atoms with Crippen LogP contribution >= 0.6 is 27.3 Å². The minimum Gasteiger partial charge on any atom is -0.480 e. The van der Waals surface area contributed by atoms with Crippen LogP contribution in [0, 0.1) is 0 Å². The Bertz CT molecular complexity index is 847.